The van der Waals surface area contributed by atoms with E-state index in [2.05, 4.69) is 13.5 Å². The molecule has 1 aromatic rings. The molecule has 2 aliphatic heterocycles. The van der Waals surface area contributed by atoms with Crippen molar-refractivity contribution in [3.05, 3.63) is 59.9 Å². The molecular weight excluding hydrogens is 320 g/mol. The van der Waals surface area contributed by atoms with Gasteiger partial charge < -0.3 is 18.9 Å². The van der Waals surface area contributed by atoms with Crippen molar-refractivity contribution in [2.45, 2.75) is 25.0 Å². The molecule has 1 aliphatic carbocycles. The zero-order valence-corrected chi connectivity index (χ0v) is 14.3. The summed E-state index contributed by atoms with van der Waals surface area (Å²) in [7, 11) is 1.55. The normalized spacial score (nSPS) is 29.6. The van der Waals surface area contributed by atoms with E-state index in [1.54, 1.807) is 19.3 Å². The fourth-order valence-corrected chi connectivity index (χ4v) is 3.64. The van der Waals surface area contributed by atoms with Crippen LogP contribution in [0, 0.1) is 5.92 Å². The highest BCUT2D eigenvalue weighted by Gasteiger charge is 2.45. The van der Waals surface area contributed by atoms with Crippen LogP contribution in [0.25, 0.3) is 0 Å². The van der Waals surface area contributed by atoms with E-state index in [0.29, 0.717) is 12.2 Å². The van der Waals surface area contributed by atoms with Gasteiger partial charge in [-0.1, -0.05) is 19.1 Å². The molecule has 0 spiro atoms. The van der Waals surface area contributed by atoms with Gasteiger partial charge in [-0.25, -0.2) is 0 Å². The van der Waals surface area contributed by atoms with E-state index in [1.165, 1.54) is 0 Å². The zero-order valence-electron chi connectivity index (χ0n) is 14.3. The average molecular weight is 340 g/mol. The van der Waals surface area contributed by atoms with Crippen LogP contribution in [0.3, 0.4) is 0 Å². The minimum atomic E-state index is -0.984. The number of ketones is 1. The predicted octanol–water partition coefficient (Wildman–Crippen LogP) is 3.48. The van der Waals surface area contributed by atoms with Crippen molar-refractivity contribution in [1.82, 2.24) is 0 Å². The maximum atomic E-state index is 12.6. The van der Waals surface area contributed by atoms with E-state index in [-0.39, 0.29) is 24.6 Å². The van der Waals surface area contributed by atoms with Gasteiger partial charge in [0.05, 0.1) is 0 Å². The number of hydrogen-bond donors (Lipinski definition) is 0. The van der Waals surface area contributed by atoms with Crippen molar-refractivity contribution >= 4 is 5.78 Å². The molecule has 0 aromatic heterocycles. The lowest BCUT2D eigenvalue weighted by molar-refractivity contribution is -0.130. The topological polar surface area (TPSA) is 54.0 Å². The third-order valence-electron chi connectivity index (χ3n) is 5.09. The van der Waals surface area contributed by atoms with Crippen LogP contribution in [-0.2, 0) is 14.3 Å². The molecule has 0 N–H and O–H groups in total. The van der Waals surface area contributed by atoms with Gasteiger partial charge in [-0.3, -0.25) is 4.79 Å². The summed E-state index contributed by atoms with van der Waals surface area (Å²) < 4.78 is 22.5. The van der Waals surface area contributed by atoms with Gasteiger partial charge in [-0.05, 0) is 23.8 Å². The van der Waals surface area contributed by atoms with Gasteiger partial charge in [0.15, 0.2) is 22.9 Å². The number of allylic oxidation sites excluding steroid dienone is 1. The summed E-state index contributed by atoms with van der Waals surface area (Å²) in [5, 5.41) is 0. The summed E-state index contributed by atoms with van der Waals surface area (Å²) in [6.07, 6.45) is 5.39. The molecule has 0 bridgehead atoms. The Morgan fingerprint density at radius 1 is 1.36 bits per heavy atom. The number of methoxy groups -OCH3 is 1. The van der Waals surface area contributed by atoms with Crippen molar-refractivity contribution in [2.24, 2.45) is 5.92 Å². The Kier molecular flexibility index (Phi) is 3.69. The Bertz CT molecular complexity index is 806. The highest BCUT2D eigenvalue weighted by atomic mass is 16.7. The summed E-state index contributed by atoms with van der Waals surface area (Å²) in [5.41, 5.74) is 1.00. The van der Waals surface area contributed by atoms with Gasteiger partial charge in [-0.15, -0.1) is 6.58 Å². The Morgan fingerprint density at radius 2 is 2.16 bits per heavy atom. The van der Waals surface area contributed by atoms with Gasteiger partial charge in [0, 0.05) is 31.1 Å². The number of carbonyl (C=O) groups excluding carboxylic acids is 1. The summed E-state index contributed by atoms with van der Waals surface area (Å²) in [4.78, 5) is 12.6. The van der Waals surface area contributed by atoms with E-state index in [0.717, 1.165) is 22.6 Å². The van der Waals surface area contributed by atoms with Crippen molar-refractivity contribution in [2.75, 3.05) is 13.9 Å². The number of rotatable bonds is 4. The molecule has 130 valence electrons. The average Bonchev–Trinajstić information content (AvgIpc) is 3.20. The van der Waals surface area contributed by atoms with E-state index in [4.69, 9.17) is 18.9 Å². The predicted molar refractivity (Wildman–Crippen MR) is 91.3 cm³/mol. The minimum Gasteiger partial charge on any atom is -0.485 e. The highest BCUT2D eigenvalue weighted by Crippen LogP contribution is 2.48. The van der Waals surface area contributed by atoms with Crippen molar-refractivity contribution in [3.63, 3.8) is 0 Å². The van der Waals surface area contributed by atoms with Crippen LogP contribution in [0.4, 0.5) is 0 Å². The smallest absolute Gasteiger partial charge is 0.231 e. The first-order chi connectivity index (χ1) is 12.1. The van der Waals surface area contributed by atoms with Gasteiger partial charge in [0.25, 0.3) is 0 Å². The molecule has 1 saturated heterocycles. The van der Waals surface area contributed by atoms with Crippen molar-refractivity contribution in [3.8, 4) is 11.5 Å². The fourth-order valence-electron chi connectivity index (χ4n) is 3.64. The van der Waals surface area contributed by atoms with E-state index in [1.807, 2.05) is 24.3 Å². The summed E-state index contributed by atoms with van der Waals surface area (Å²) >= 11 is 0. The molecule has 25 heavy (non-hydrogen) atoms. The number of benzene rings is 1. The second-order valence-corrected chi connectivity index (χ2v) is 6.50. The van der Waals surface area contributed by atoms with Gasteiger partial charge >= 0.3 is 0 Å². The molecule has 5 heteroatoms. The van der Waals surface area contributed by atoms with Gasteiger partial charge in [-0.2, -0.15) is 0 Å². The first kappa shape index (κ1) is 16.0. The third-order valence-corrected chi connectivity index (χ3v) is 5.09. The molecule has 3 atom stereocenters. The molecule has 1 aromatic carbocycles. The minimum absolute atomic E-state index is 0.0825. The van der Waals surface area contributed by atoms with Crippen LogP contribution >= 0.6 is 0 Å². The lowest BCUT2D eigenvalue weighted by Gasteiger charge is -2.29. The molecule has 0 amide bonds. The monoisotopic (exact) mass is 340 g/mol. The summed E-state index contributed by atoms with van der Waals surface area (Å²) in [5.74, 6) is 2.05. The standard InChI is InChI=1S/C20H20O5/c1-4-7-20(22-3)10-14-12(2)19(25-16(14)9-18(20)21)13-5-6-15-17(8-13)24-11-23-15/h4-6,8-10,12,19H,1,7,11H2,2-3H3. The maximum Gasteiger partial charge on any atom is 0.231 e. The largest absolute Gasteiger partial charge is 0.485 e. The zero-order chi connectivity index (χ0) is 17.6. The van der Waals surface area contributed by atoms with Crippen LogP contribution in [0.15, 0.2) is 54.3 Å². The van der Waals surface area contributed by atoms with E-state index < -0.39 is 5.60 Å². The molecule has 5 nitrogen and oxygen atoms in total. The first-order valence-corrected chi connectivity index (χ1v) is 8.29. The number of ether oxygens (including phenoxy) is 4. The first-order valence-electron chi connectivity index (χ1n) is 8.29. The lowest BCUT2D eigenvalue weighted by atomic mass is 9.82. The second-order valence-electron chi connectivity index (χ2n) is 6.50. The Morgan fingerprint density at radius 3 is 2.92 bits per heavy atom. The lowest BCUT2D eigenvalue weighted by Crippen LogP contribution is -2.39. The maximum absolute atomic E-state index is 12.6. The van der Waals surface area contributed by atoms with Crippen LogP contribution < -0.4 is 9.47 Å². The molecule has 1 fully saturated rings. The quantitative estimate of drug-likeness (QED) is 0.786. The molecule has 3 unspecified atom stereocenters. The van der Waals surface area contributed by atoms with Crippen molar-refractivity contribution in [1.29, 1.82) is 0 Å². The number of carbonyl (C=O) groups is 1. The highest BCUT2D eigenvalue weighted by molar-refractivity contribution is 6.01. The fraction of sp³-hybridized carbons (Fsp3) is 0.350. The molecule has 3 aliphatic rings. The van der Waals surface area contributed by atoms with Crippen molar-refractivity contribution < 1.29 is 23.7 Å². The van der Waals surface area contributed by atoms with Crippen LogP contribution in [0.5, 0.6) is 11.5 Å². The van der Waals surface area contributed by atoms with E-state index in [9.17, 15) is 4.79 Å². The van der Waals surface area contributed by atoms with Crippen LogP contribution in [0.2, 0.25) is 0 Å². The van der Waals surface area contributed by atoms with Crippen LogP contribution in [-0.4, -0.2) is 25.3 Å². The van der Waals surface area contributed by atoms with E-state index >= 15 is 0 Å². The molecule has 0 radical (unpaired) electrons. The molecule has 0 saturated carbocycles. The number of hydrogen-bond acceptors (Lipinski definition) is 5. The Hall–Kier alpha value is -2.53. The Balaban J connectivity index is 1.70. The van der Waals surface area contributed by atoms with Crippen LogP contribution in [0.1, 0.15) is 25.0 Å². The summed E-state index contributed by atoms with van der Waals surface area (Å²) in [6, 6.07) is 5.81. The van der Waals surface area contributed by atoms with Gasteiger partial charge in [0.1, 0.15) is 11.9 Å². The SMILES string of the molecule is C=CCC1(OC)C=C2C(=CC1=O)OC(c1ccc3c(c1)OCO3)C2C. The third kappa shape index (κ3) is 2.38. The second kappa shape index (κ2) is 5.77. The molecular formula is C20H20O5. The Labute approximate surface area is 146 Å². The van der Waals surface area contributed by atoms with Gasteiger partial charge in [0.2, 0.25) is 6.79 Å². The summed E-state index contributed by atoms with van der Waals surface area (Å²) in [6.45, 7) is 6.07. The number of fused-ring (bicyclic) bond motifs is 2. The molecule has 4 rings (SSSR count). The molecule has 2 heterocycles.